The summed E-state index contributed by atoms with van der Waals surface area (Å²) in [5, 5.41) is 0. The molecule has 2 heterocycles. The first-order valence-electron chi connectivity index (χ1n) is 7.05. The minimum atomic E-state index is 0.711. The van der Waals surface area contributed by atoms with Crippen molar-refractivity contribution >= 4 is 5.82 Å². The minimum Gasteiger partial charge on any atom is -0.357 e. The highest BCUT2D eigenvalue weighted by molar-refractivity contribution is 5.40. The predicted octanol–water partition coefficient (Wildman–Crippen LogP) is 3.77. The smallest absolute Gasteiger partial charge is 0.128 e. The molecule has 1 fully saturated rings. The summed E-state index contributed by atoms with van der Waals surface area (Å²) < 4.78 is 0. The van der Waals surface area contributed by atoms with E-state index in [9.17, 15) is 0 Å². The first kappa shape index (κ1) is 12.2. The molecule has 0 saturated carbocycles. The molecule has 1 saturated heterocycles. The number of hydrogen-bond donors (Lipinski definition) is 0. The van der Waals surface area contributed by atoms with E-state index in [1.165, 1.54) is 24.0 Å². The largest absolute Gasteiger partial charge is 0.357 e. The zero-order chi connectivity index (χ0) is 13.1. The summed E-state index contributed by atoms with van der Waals surface area (Å²) >= 11 is 0. The number of piperidine rings is 1. The number of anilines is 1. The van der Waals surface area contributed by atoms with Crippen LogP contribution in [0, 0.1) is 6.92 Å². The third-order valence-corrected chi connectivity index (χ3v) is 3.99. The van der Waals surface area contributed by atoms with E-state index in [0.29, 0.717) is 5.92 Å². The molecular weight excluding hydrogens is 232 g/mol. The van der Waals surface area contributed by atoms with Crippen LogP contribution in [0.1, 0.15) is 29.9 Å². The molecule has 0 radical (unpaired) electrons. The van der Waals surface area contributed by atoms with Crippen LogP contribution in [-0.2, 0) is 0 Å². The third kappa shape index (κ3) is 2.78. The van der Waals surface area contributed by atoms with E-state index in [1.807, 2.05) is 6.20 Å². The van der Waals surface area contributed by atoms with E-state index in [1.54, 1.807) is 0 Å². The van der Waals surface area contributed by atoms with Crippen LogP contribution in [0.25, 0.3) is 0 Å². The first-order valence-corrected chi connectivity index (χ1v) is 7.05. The van der Waals surface area contributed by atoms with Crippen molar-refractivity contribution in [1.82, 2.24) is 4.98 Å². The van der Waals surface area contributed by atoms with E-state index in [4.69, 9.17) is 0 Å². The van der Waals surface area contributed by atoms with Gasteiger partial charge in [0.15, 0.2) is 0 Å². The number of benzene rings is 1. The van der Waals surface area contributed by atoms with Crippen molar-refractivity contribution in [3.63, 3.8) is 0 Å². The van der Waals surface area contributed by atoms with Gasteiger partial charge in [0.05, 0.1) is 0 Å². The zero-order valence-corrected chi connectivity index (χ0v) is 11.4. The molecule has 0 amide bonds. The van der Waals surface area contributed by atoms with Crippen molar-refractivity contribution in [2.45, 2.75) is 25.7 Å². The Labute approximate surface area is 115 Å². The Morgan fingerprint density at radius 1 is 1.00 bits per heavy atom. The Hall–Kier alpha value is -1.83. The van der Waals surface area contributed by atoms with E-state index >= 15 is 0 Å². The summed E-state index contributed by atoms with van der Waals surface area (Å²) in [4.78, 5) is 6.93. The van der Waals surface area contributed by atoms with E-state index < -0.39 is 0 Å². The molecule has 0 N–H and O–H groups in total. The molecule has 98 valence electrons. The first-order chi connectivity index (χ1) is 9.33. The van der Waals surface area contributed by atoms with Crippen molar-refractivity contribution in [3.8, 4) is 0 Å². The van der Waals surface area contributed by atoms with Gasteiger partial charge >= 0.3 is 0 Å². The monoisotopic (exact) mass is 252 g/mol. The summed E-state index contributed by atoms with van der Waals surface area (Å²) in [7, 11) is 0. The fraction of sp³-hybridized carbons (Fsp3) is 0.353. The Morgan fingerprint density at radius 3 is 2.37 bits per heavy atom. The second-order valence-electron chi connectivity index (χ2n) is 5.37. The molecule has 19 heavy (non-hydrogen) atoms. The maximum absolute atomic E-state index is 4.53. The molecule has 2 aromatic rings. The standard InChI is InChI=1S/C17H20N2/c1-14-7-8-17(18-13-14)19-11-9-16(10-12-19)15-5-3-2-4-6-15/h2-8,13,16H,9-12H2,1H3. The van der Waals surface area contributed by atoms with Crippen LogP contribution in [0.2, 0.25) is 0 Å². The fourth-order valence-corrected chi connectivity index (χ4v) is 2.81. The van der Waals surface area contributed by atoms with Gasteiger partial charge in [0, 0.05) is 19.3 Å². The molecule has 1 aromatic carbocycles. The Kier molecular flexibility index (Phi) is 3.49. The molecule has 2 nitrogen and oxygen atoms in total. The van der Waals surface area contributed by atoms with Gasteiger partial charge in [-0.25, -0.2) is 4.98 Å². The molecule has 1 aromatic heterocycles. The van der Waals surface area contributed by atoms with Gasteiger partial charge in [0.25, 0.3) is 0 Å². The highest BCUT2D eigenvalue weighted by Gasteiger charge is 2.20. The molecule has 0 atom stereocenters. The number of nitrogens with zero attached hydrogens (tertiary/aromatic N) is 2. The van der Waals surface area contributed by atoms with Crippen molar-refractivity contribution in [2.75, 3.05) is 18.0 Å². The van der Waals surface area contributed by atoms with Gasteiger partial charge in [0.1, 0.15) is 5.82 Å². The Balaban J connectivity index is 1.65. The lowest BCUT2D eigenvalue weighted by molar-refractivity contribution is 0.502. The van der Waals surface area contributed by atoms with Gasteiger partial charge in [-0.05, 0) is 42.9 Å². The van der Waals surface area contributed by atoms with Gasteiger partial charge < -0.3 is 4.90 Å². The number of hydrogen-bond acceptors (Lipinski definition) is 2. The summed E-state index contributed by atoms with van der Waals surface area (Å²) in [5.74, 6) is 1.83. The van der Waals surface area contributed by atoms with Gasteiger partial charge in [-0.2, -0.15) is 0 Å². The SMILES string of the molecule is Cc1ccc(N2CCC(c3ccccc3)CC2)nc1. The average molecular weight is 252 g/mol. The lowest BCUT2D eigenvalue weighted by Gasteiger charge is -2.33. The predicted molar refractivity (Wildman–Crippen MR) is 79.6 cm³/mol. The molecule has 3 rings (SSSR count). The number of rotatable bonds is 2. The molecule has 0 unspecified atom stereocenters. The van der Waals surface area contributed by atoms with Crippen molar-refractivity contribution in [1.29, 1.82) is 0 Å². The van der Waals surface area contributed by atoms with Crippen LogP contribution < -0.4 is 4.90 Å². The van der Waals surface area contributed by atoms with Gasteiger partial charge in [-0.15, -0.1) is 0 Å². The summed E-state index contributed by atoms with van der Waals surface area (Å²) in [6, 6.07) is 15.2. The van der Waals surface area contributed by atoms with Gasteiger partial charge in [-0.1, -0.05) is 36.4 Å². The highest BCUT2D eigenvalue weighted by Crippen LogP contribution is 2.29. The maximum Gasteiger partial charge on any atom is 0.128 e. The quantitative estimate of drug-likeness (QED) is 0.808. The van der Waals surface area contributed by atoms with Crippen LogP contribution in [-0.4, -0.2) is 18.1 Å². The summed E-state index contributed by atoms with van der Waals surface area (Å²) in [5.41, 5.74) is 2.71. The van der Waals surface area contributed by atoms with Crippen molar-refractivity contribution in [2.24, 2.45) is 0 Å². The van der Waals surface area contributed by atoms with E-state index in [-0.39, 0.29) is 0 Å². The molecule has 2 heteroatoms. The summed E-state index contributed by atoms with van der Waals surface area (Å²) in [6.45, 7) is 4.30. The van der Waals surface area contributed by atoms with Crippen LogP contribution >= 0.6 is 0 Å². The highest BCUT2D eigenvalue weighted by atomic mass is 15.2. The van der Waals surface area contributed by atoms with E-state index in [2.05, 4.69) is 59.3 Å². The third-order valence-electron chi connectivity index (χ3n) is 3.99. The molecular formula is C17H20N2. The lowest BCUT2D eigenvalue weighted by Crippen LogP contribution is -2.33. The second kappa shape index (κ2) is 5.43. The number of pyridine rings is 1. The minimum absolute atomic E-state index is 0.711. The van der Waals surface area contributed by atoms with Gasteiger partial charge in [-0.3, -0.25) is 0 Å². The topological polar surface area (TPSA) is 16.1 Å². The van der Waals surface area contributed by atoms with Gasteiger partial charge in [0.2, 0.25) is 0 Å². The molecule has 1 aliphatic rings. The van der Waals surface area contributed by atoms with Crippen LogP contribution in [0.4, 0.5) is 5.82 Å². The van der Waals surface area contributed by atoms with E-state index in [0.717, 1.165) is 18.9 Å². The molecule has 0 aliphatic carbocycles. The summed E-state index contributed by atoms with van der Waals surface area (Å²) in [6.07, 6.45) is 4.40. The average Bonchev–Trinajstić information content (AvgIpc) is 2.49. The second-order valence-corrected chi connectivity index (χ2v) is 5.37. The molecule has 1 aliphatic heterocycles. The normalized spacial score (nSPS) is 16.6. The lowest BCUT2D eigenvalue weighted by atomic mass is 9.89. The maximum atomic E-state index is 4.53. The Morgan fingerprint density at radius 2 is 1.74 bits per heavy atom. The van der Waals surface area contributed by atoms with Crippen molar-refractivity contribution < 1.29 is 0 Å². The van der Waals surface area contributed by atoms with Crippen molar-refractivity contribution in [3.05, 3.63) is 59.8 Å². The van der Waals surface area contributed by atoms with Crippen LogP contribution in [0.15, 0.2) is 48.7 Å². The number of aromatic nitrogens is 1. The Bertz CT molecular complexity index is 511. The number of aryl methyl sites for hydroxylation is 1. The zero-order valence-electron chi connectivity index (χ0n) is 11.4. The molecule has 0 spiro atoms. The van der Waals surface area contributed by atoms with Crippen LogP contribution in [0.5, 0.6) is 0 Å². The van der Waals surface area contributed by atoms with Crippen LogP contribution in [0.3, 0.4) is 0 Å². The molecule has 0 bridgehead atoms. The fourth-order valence-electron chi connectivity index (χ4n) is 2.81.